The summed E-state index contributed by atoms with van der Waals surface area (Å²) in [6.45, 7) is 7.82. The third-order valence-corrected chi connectivity index (χ3v) is 7.40. The molecule has 0 saturated carbocycles. The lowest BCUT2D eigenvalue weighted by atomic mass is 10.1. The molecule has 0 unspecified atom stereocenters. The average Bonchev–Trinajstić information content (AvgIpc) is 2.96. The molecule has 2 heterocycles. The van der Waals surface area contributed by atoms with Gasteiger partial charge in [-0.25, -0.2) is 14.6 Å². The van der Waals surface area contributed by atoms with Gasteiger partial charge in [-0.05, 0) is 112 Å². The SMILES string of the molecule is COc1ccc(CN(C(=O)OC(C)(C)C)c2ccc3c(n2)CN(c2ccc(Cl)cc2)C(=O)N3c2ccc(Cl)cc2)c(C)c1. The van der Waals surface area contributed by atoms with Crippen LogP contribution < -0.4 is 19.4 Å². The summed E-state index contributed by atoms with van der Waals surface area (Å²) in [5.41, 5.74) is 3.63. The molecule has 0 radical (unpaired) electrons. The zero-order valence-electron chi connectivity index (χ0n) is 24.6. The van der Waals surface area contributed by atoms with E-state index in [-0.39, 0.29) is 19.1 Å². The number of rotatable bonds is 6. The number of pyridine rings is 1. The van der Waals surface area contributed by atoms with E-state index in [1.54, 1.807) is 71.5 Å². The largest absolute Gasteiger partial charge is 0.497 e. The minimum absolute atomic E-state index is 0.178. The summed E-state index contributed by atoms with van der Waals surface area (Å²) in [5.74, 6) is 1.12. The van der Waals surface area contributed by atoms with Crippen LogP contribution in [0.15, 0.2) is 78.9 Å². The number of halogens is 2. The van der Waals surface area contributed by atoms with E-state index in [9.17, 15) is 9.59 Å². The number of hydrogen-bond donors (Lipinski definition) is 0. The molecule has 1 aliphatic rings. The highest BCUT2D eigenvalue weighted by atomic mass is 35.5. The smallest absolute Gasteiger partial charge is 0.416 e. The van der Waals surface area contributed by atoms with Gasteiger partial charge >= 0.3 is 12.1 Å². The highest BCUT2D eigenvalue weighted by molar-refractivity contribution is 6.31. The summed E-state index contributed by atoms with van der Waals surface area (Å²) >= 11 is 12.3. The number of hydrogen-bond acceptors (Lipinski definition) is 5. The number of carbonyl (C=O) groups excluding carboxylic acids is 2. The number of anilines is 4. The third kappa shape index (κ3) is 6.71. The molecule has 8 nitrogen and oxygen atoms in total. The van der Waals surface area contributed by atoms with Gasteiger partial charge in [0.1, 0.15) is 17.2 Å². The van der Waals surface area contributed by atoms with Crippen molar-refractivity contribution in [1.29, 1.82) is 0 Å². The summed E-state index contributed by atoms with van der Waals surface area (Å²) in [7, 11) is 1.61. The summed E-state index contributed by atoms with van der Waals surface area (Å²) in [4.78, 5) is 37.2. The van der Waals surface area contributed by atoms with Crippen molar-refractivity contribution in [3.8, 4) is 5.75 Å². The van der Waals surface area contributed by atoms with Crippen molar-refractivity contribution < 1.29 is 19.1 Å². The Balaban J connectivity index is 1.60. The summed E-state index contributed by atoms with van der Waals surface area (Å²) in [5, 5.41) is 1.11. The van der Waals surface area contributed by atoms with E-state index in [0.717, 1.165) is 16.9 Å². The van der Waals surface area contributed by atoms with Gasteiger partial charge in [0.25, 0.3) is 0 Å². The number of benzene rings is 3. The highest BCUT2D eigenvalue weighted by Gasteiger charge is 2.35. The van der Waals surface area contributed by atoms with E-state index in [1.165, 1.54) is 4.90 Å². The van der Waals surface area contributed by atoms with Crippen LogP contribution in [0.25, 0.3) is 0 Å². The Labute approximate surface area is 261 Å². The summed E-state index contributed by atoms with van der Waals surface area (Å²) < 4.78 is 11.2. The van der Waals surface area contributed by atoms with E-state index in [0.29, 0.717) is 38.6 Å². The van der Waals surface area contributed by atoms with Crippen molar-refractivity contribution in [2.75, 3.05) is 21.8 Å². The van der Waals surface area contributed by atoms with E-state index in [2.05, 4.69) is 0 Å². The molecule has 1 aliphatic heterocycles. The van der Waals surface area contributed by atoms with Gasteiger partial charge in [-0.15, -0.1) is 0 Å². The summed E-state index contributed by atoms with van der Waals surface area (Å²) in [6.07, 6.45) is -0.536. The molecule has 5 rings (SSSR count). The zero-order valence-corrected chi connectivity index (χ0v) is 26.1. The van der Waals surface area contributed by atoms with Gasteiger partial charge in [-0.1, -0.05) is 29.3 Å². The maximum Gasteiger partial charge on any atom is 0.416 e. The van der Waals surface area contributed by atoms with Gasteiger partial charge < -0.3 is 9.47 Å². The van der Waals surface area contributed by atoms with E-state index >= 15 is 0 Å². The molecule has 0 atom stereocenters. The number of aromatic nitrogens is 1. The molecule has 0 bridgehead atoms. The normalized spacial score (nSPS) is 13.0. The van der Waals surface area contributed by atoms with Crippen molar-refractivity contribution in [3.63, 3.8) is 0 Å². The fourth-order valence-electron chi connectivity index (χ4n) is 4.76. The molecule has 43 heavy (non-hydrogen) atoms. The molecule has 0 spiro atoms. The fraction of sp³-hybridized carbons (Fsp3) is 0.242. The second-order valence-electron chi connectivity index (χ2n) is 11.2. The van der Waals surface area contributed by atoms with Crippen molar-refractivity contribution in [2.24, 2.45) is 0 Å². The lowest BCUT2D eigenvalue weighted by Crippen LogP contribution is -2.45. The number of nitrogens with zero attached hydrogens (tertiary/aromatic N) is 4. The number of fused-ring (bicyclic) bond motifs is 1. The number of amides is 3. The molecule has 0 aliphatic carbocycles. The number of urea groups is 1. The fourth-order valence-corrected chi connectivity index (χ4v) is 5.01. The Kier molecular flexibility index (Phi) is 8.53. The lowest BCUT2D eigenvalue weighted by molar-refractivity contribution is 0.0576. The maximum absolute atomic E-state index is 13.9. The van der Waals surface area contributed by atoms with E-state index < -0.39 is 11.7 Å². The molecule has 10 heteroatoms. The summed E-state index contributed by atoms with van der Waals surface area (Å²) in [6, 6.07) is 23.0. The number of aryl methyl sites for hydroxylation is 1. The molecule has 0 fully saturated rings. The van der Waals surface area contributed by atoms with Crippen LogP contribution in [0, 0.1) is 6.92 Å². The van der Waals surface area contributed by atoms with Crippen LogP contribution in [0.2, 0.25) is 10.0 Å². The van der Waals surface area contributed by atoms with Gasteiger partial charge in [-0.2, -0.15) is 0 Å². The van der Waals surface area contributed by atoms with Crippen LogP contribution in [0.4, 0.5) is 32.5 Å². The Morgan fingerprint density at radius 2 is 1.56 bits per heavy atom. The van der Waals surface area contributed by atoms with Gasteiger partial charge in [0, 0.05) is 15.7 Å². The predicted octanol–water partition coefficient (Wildman–Crippen LogP) is 8.93. The van der Waals surface area contributed by atoms with Gasteiger partial charge in [0.2, 0.25) is 0 Å². The number of methoxy groups -OCH3 is 1. The Morgan fingerprint density at radius 3 is 2.14 bits per heavy atom. The van der Waals surface area contributed by atoms with Crippen LogP contribution >= 0.6 is 23.2 Å². The monoisotopic (exact) mass is 618 g/mol. The Hall–Kier alpha value is -4.27. The number of carbonyl (C=O) groups is 2. The Bertz CT molecular complexity index is 1650. The minimum atomic E-state index is -0.721. The van der Waals surface area contributed by atoms with Gasteiger partial charge in [0.15, 0.2) is 0 Å². The molecule has 222 valence electrons. The second-order valence-corrected chi connectivity index (χ2v) is 12.0. The van der Waals surface area contributed by atoms with Crippen molar-refractivity contribution in [1.82, 2.24) is 4.98 Å². The Morgan fingerprint density at radius 1 is 0.930 bits per heavy atom. The first-order valence-electron chi connectivity index (χ1n) is 13.7. The van der Waals surface area contributed by atoms with Crippen LogP contribution in [0.5, 0.6) is 5.75 Å². The van der Waals surface area contributed by atoms with Crippen LogP contribution in [0.1, 0.15) is 37.6 Å². The third-order valence-electron chi connectivity index (χ3n) is 6.90. The molecular weight excluding hydrogens is 587 g/mol. The average molecular weight is 620 g/mol. The van der Waals surface area contributed by atoms with Crippen molar-refractivity contribution >= 4 is 58.2 Å². The zero-order chi connectivity index (χ0) is 30.9. The first kappa shape index (κ1) is 30.2. The maximum atomic E-state index is 13.9. The lowest BCUT2D eigenvalue weighted by Gasteiger charge is -2.37. The number of ether oxygens (including phenoxy) is 2. The molecule has 0 N–H and O–H groups in total. The molecule has 1 aromatic heterocycles. The van der Waals surface area contributed by atoms with E-state index in [1.807, 2.05) is 52.0 Å². The van der Waals surface area contributed by atoms with Crippen molar-refractivity contribution in [3.05, 3.63) is 106 Å². The molecular formula is C33H32Cl2N4O4. The van der Waals surface area contributed by atoms with Crippen molar-refractivity contribution in [2.45, 2.75) is 46.4 Å². The first-order valence-corrected chi connectivity index (χ1v) is 14.5. The topological polar surface area (TPSA) is 75.2 Å². The predicted molar refractivity (Wildman–Crippen MR) is 171 cm³/mol. The second kappa shape index (κ2) is 12.1. The van der Waals surface area contributed by atoms with E-state index in [4.69, 9.17) is 37.7 Å². The minimum Gasteiger partial charge on any atom is -0.497 e. The quantitative estimate of drug-likeness (QED) is 0.215. The molecule has 3 amide bonds. The van der Waals surface area contributed by atoms with Crippen LogP contribution in [-0.4, -0.2) is 29.8 Å². The standard InChI is InChI=1S/C33H32Cl2N4O4/c1-21-18-27(42-5)15-6-22(21)19-38(32(41)43-33(2,3)4)30-17-16-29-28(36-30)20-37(25-11-7-23(34)8-12-25)31(40)39(29)26-13-9-24(35)10-14-26/h6-18H,19-20H2,1-5H3. The first-order chi connectivity index (χ1) is 20.4. The van der Waals surface area contributed by atoms with Crippen LogP contribution in [-0.2, 0) is 17.8 Å². The van der Waals surface area contributed by atoms with Gasteiger partial charge in [-0.3, -0.25) is 14.7 Å². The molecule has 4 aromatic rings. The highest BCUT2D eigenvalue weighted by Crippen LogP contribution is 2.38. The van der Waals surface area contributed by atoms with Crippen LogP contribution in [0.3, 0.4) is 0 Å². The molecule has 3 aromatic carbocycles. The molecule has 0 saturated heterocycles. The van der Waals surface area contributed by atoms with Gasteiger partial charge in [0.05, 0.1) is 37.3 Å².